The van der Waals surface area contributed by atoms with Gasteiger partial charge < -0.3 is 24.8 Å². The fourth-order valence-electron chi connectivity index (χ4n) is 5.31. The Morgan fingerprint density at radius 1 is 1.19 bits per heavy atom. The molecule has 2 N–H and O–H groups in total. The van der Waals surface area contributed by atoms with E-state index in [2.05, 4.69) is 24.9 Å². The van der Waals surface area contributed by atoms with E-state index in [0.717, 1.165) is 22.5 Å². The first-order valence-electron chi connectivity index (χ1n) is 12.3. The topological polar surface area (TPSA) is 111 Å². The average molecular weight is 502 g/mol. The van der Waals surface area contributed by atoms with E-state index in [-0.39, 0.29) is 36.0 Å². The van der Waals surface area contributed by atoms with Crippen molar-refractivity contribution >= 4 is 34.8 Å². The number of rotatable bonds is 6. The van der Waals surface area contributed by atoms with Crippen LogP contribution in [0.5, 0.6) is 0 Å². The van der Waals surface area contributed by atoms with Gasteiger partial charge in [0, 0.05) is 60.9 Å². The van der Waals surface area contributed by atoms with Gasteiger partial charge in [-0.2, -0.15) is 0 Å². The van der Waals surface area contributed by atoms with Crippen LogP contribution in [0.25, 0.3) is 0 Å². The molecule has 1 saturated heterocycles. The number of methoxy groups -OCH3 is 1. The number of nitrogens with two attached hydrogens (primary N) is 1. The van der Waals surface area contributed by atoms with Crippen molar-refractivity contribution in [2.75, 3.05) is 35.7 Å². The highest BCUT2D eigenvalue weighted by atomic mass is 16.5. The van der Waals surface area contributed by atoms with Gasteiger partial charge in [-0.1, -0.05) is 32.0 Å². The number of amides is 2. The SMILES string of the molecule is COC(=O)Cc1nccn1Cc1ccc2c(c1)C(C)(C)CN2C(=O)C1CC(=O)N(c2cccc(N)c2)C1. The molecule has 2 aliphatic rings. The van der Waals surface area contributed by atoms with Gasteiger partial charge in [0.25, 0.3) is 0 Å². The number of carbonyl (C=O) groups is 3. The fourth-order valence-corrected chi connectivity index (χ4v) is 5.31. The maximum Gasteiger partial charge on any atom is 0.313 e. The predicted molar refractivity (Wildman–Crippen MR) is 140 cm³/mol. The van der Waals surface area contributed by atoms with E-state index < -0.39 is 5.92 Å². The second-order valence-electron chi connectivity index (χ2n) is 10.4. The summed E-state index contributed by atoms with van der Waals surface area (Å²) in [5, 5.41) is 0. The summed E-state index contributed by atoms with van der Waals surface area (Å²) >= 11 is 0. The molecule has 0 spiro atoms. The standard InChI is InChI=1S/C28H31N5O4/c1-28(2)17-33(27(36)19-12-25(34)32(16-19)21-6-4-5-20(29)13-21)23-8-7-18(11-22(23)28)15-31-10-9-30-24(31)14-26(35)37-3/h4-11,13,19H,12,14-17,29H2,1-3H3. The van der Waals surface area contributed by atoms with E-state index in [9.17, 15) is 14.4 Å². The van der Waals surface area contributed by atoms with Crippen molar-refractivity contribution in [2.45, 2.75) is 38.6 Å². The molecule has 2 amide bonds. The summed E-state index contributed by atoms with van der Waals surface area (Å²) in [7, 11) is 1.36. The van der Waals surface area contributed by atoms with Crippen LogP contribution in [-0.4, -0.2) is 47.5 Å². The molecule has 9 heteroatoms. The summed E-state index contributed by atoms with van der Waals surface area (Å²) in [6, 6.07) is 13.3. The Kier molecular flexibility index (Phi) is 6.23. The van der Waals surface area contributed by atoms with Crippen molar-refractivity contribution in [3.05, 3.63) is 71.8 Å². The minimum Gasteiger partial charge on any atom is -0.469 e. The summed E-state index contributed by atoms with van der Waals surface area (Å²) in [6.45, 7) is 5.69. The maximum absolute atomic E-state index is 13.7. The maximum atomic E-state index is 13.7. The van der Waals surface area contributed by atoms with Gasteiger partial charge in [-0.15, -0.1) is 0 Å². The van der Waals surface area contributed by atoms with E-state index in [1.807, 2.05) is 39.9 Å². The van der Waals surface area contributed by atoms with Crippen LogP contribution < -0.4 is 15.5 Å². The summed E-state index contributed by atoms with van der Waals surface area (Å²) < 4.78 is 6.71. The Balaban J connectivity index is 1.35. The number of anilines is 3. The Bertz CT molecular complexity index is 1380. The molecule has 9 nitrogen and oxygen atoms in total. The summed E-state index contributed by atoms with van der Waals surface area (Å²) in [4.78, 5) is 45.9. The quantitative estimate of drug-likeness (QED) is 0.411. The highest BCUT2D eigenvalue weighted by molar-refractivity contribution is 6.05. The number of imidazole rings is 1. The number of benzene rings is 2. The van der Waals surface area contributed by atoms with Crippen molar-refractivity contribution in [3.8, 4) is 0 Å². The van der Waals surface area contributed by atoms with Gasteiger partial charge in [-0.25, -0.2) is 4.98 Å². The second kappa shape index (κ2) is 9.38. The Morgan fingerprint density at radius 2 is 2.00 bits per heavy atom. The van der Waals surface area contributed by atoms with Crippen LogP contribution in [0.3, 0.4) is 0 Å². The number of nitrogen functional groups attached to an aromatic ring is 1. The molecule has 2 aromatic carbocycles. The second-order valence-corrected chi connectivity index (χ2v) is 10.4. The molecule has 1 atom stereocenters. The number of ether oxygens (including phenoxy) is 1. The third-order valence-electron chi connectivity index (χ3n) is 7.24. The molecule has 1 aromatic heterocycles. The van der Waals surface area contributed by atoms with E-state index >= 15 is 0 Å². The highest BCUT2D eigenvalue weighted by Gasteiger charge is 2.43. The number of carbonyl (C=O) groups excluding carboxylic acids is 3. The van der Waals surface area contributed by atoms with Crippen LogP contribution in [0.2, 0.25) is 0 Å². The van der Waals surface area contributed by atoms with Crippen molar-refractivity contribution in [1.82, 2.24) is 9.55 Å². The molecule has 3 aromatic rings. The van der Waals surface area contributed by atoms with Crippen LogP contribution >= 0.6 is 0 Å². The van der Waals surface area contributed by atoms with E-state index in [1.54, 1.807) is 23.2 Å². The average Bonchev–Trinajstić information content (AvgIpc) is 3.54. The molecule has 5 rings (SSSR count). The molecular formula is C28H31N5O4. The van der Waals surface area contributed by atoms with Gasteiger partial charge in [0.2, 0.25) is 11.8 Å². The monoisotopic (exact) mass is 501 g/mol. The van der Waals surface area contributed by atoms with Gasteiger partial charge in [-0.05, 0) is 35.4 Å². The highest BCUT2D eigenvalue weighted by Crippen LogP contribution is 2.42. The predicted octanol–water partition coefficient (Wildman–Crippen LogP) is 2.91. The van der Waals surface area contributed by atoms with Crippen LogP contribution in [0.15, 0.2) is 54.9 Å². The molecule has 0 radical (unpaired) electrons. The van der Waals surface area contributed by atoms with Gasteiger partial charge in [0.1, 0.15) is 12.2 Å². The first-order chi connectivity index (χ1) is 17.7. The lowest BCUT2D eigenvalue weighted by atomic mass is 9.86. The molecule has 192 valence electrons. The van der Waals surface area contributed by atoms with Gasteiger partial charge >= 0.3 is 5.97 Å². The van der Waals surface area contributed by atoms with E-state index in [4.69, 9.17) is 10.5 Å². The number of nitrogens with zero attached hydrogens (tertiary/aromatic N) is 4. The molecule has 1 unspecified atom stereocenters. The first-order valence-corrected chi connectivity index (χ1v) is 12.3. The number of esters is 1. The zero-order valence-electron chi connectivity index (χ0n) is 21.3. The van der Waals surface area contributed by atoms with E-state index in [0.29, 0.717) is 31.1 Å². The Hall–Kier alpha value is -4.14. The minimum atomic E-state index is -0.415. The number of hydrogen-bond donors (Lipinski definition) is 1. The lowest BCUT2D eigenvalue weighted by Crippen LogP contribution is -2.39. The van der Waals surface area contributed by atoms with Crippen molar-refractivity contribution < 1.29 is 19.1 Å². The normalized spacial score (nSPS) is 18.2. The molecular weight excluding hydrogens is 470 g/mol. The van der Waals surface area contributed by atoms with Gasteiger partial charge in [0.05, 0.1) is 13.0 Å². The largest absolute Gasteiger partial charge is 0.469 e. The Morgan fingerprint density at radius 3 is 2.76 bits per heavy atom. The molecule has 2 aliphatic heterocycles. The van der Waals surface area contributed by atoms with Crippen LogP contribution in [0, 0.1) is 5.92 Å². The molecule has 3 heterocycles. The minimum absolute atomic E-state index is 0.0331. The fraction of sp³-hybridized carbons (Fsp3) is 0.357. The molecule has 0 bridgehead atoms. The van der Waals surface area contributed by atoms with Crippen LogP contribution in [0.4, 0.5) is 17.1 Å². The smallest absolute Gasteiger partial charge is 0.313 e. The summed E-state index contributed by atoms with van der Waals surface area (Å²) in [5.74, 6) is -0.215. The van der Waals surface area contributed by atoms with Crippen molar-refractivity contribution in [3.63, 3.8) is 0 Å². The number of hydrogen-bond acceptors (Lipinski definition) is 6. The van der Waals surface area contributed by atoms with Crippen LogP contribution in [0.1, 0.15) is 37.2 Å². The zero-order valence-corrected chi connectivity index (χ0v) is 21.3. The summed E-state index contributed by atoms with van der Waals surface area (Å²) in [5.41, 5.74) is 9.98. The summed E-state index contributed by atoms with van der Waals surface area (Å²) in [6.07, 6.45) is 3.80. The van der Waals surface area contributed by atoms with Gasteiger partial charge in [0.15, 0.2) is 0 Å². The molecule has 1 fully saturated rings. The molecule has 37 heavy (non-hydrogen) atoms. The molecule has 0 aliphatic carbocycles. The number of fused-ring (bicyclic) bond motifs is 1. The molecule has 0 saturated carbocycles. The number of aromatic nitrogens is 2. The Labute approximate surface area is 215 Å². The zero-order chi connectivity index (χ0) is 26.3. The van der Waals surface area contributed by atoms with Gasteiger partial charge in [-0.3, -0.25) is 14.4 Å². The third-order valence-corrected chi connectivity index (χ3v) is 7.24. The lowest BCUT2D eigenvalue weighted by Gasteiger charge is -2.23. The van der Waals surface area contributed by atoms with Crippen molar-refractivity contribution in [1.29, 1.82) is 0 Å². The first kappa shape index (κ1) is 24.5. The van der Waals surface area contributed by atoms with Crippen LogP contribution in [-0.2, 0) is 37.5 Å². The van der Waals surface area contributed by atoms with E-state index in [1.165, 1.54) is 7.11 Å². The third kappa shape index (κ3) is 4.69. The lowest BCUT2D eigenvalue weighted by molar-refractivity contribution is -0.140. The van der Waals surface area contributed by atoms with Crippen molar-refractivity contribution in [2.24, 2.45) is 5.92 Å².